The maximum Gasteiger partial charge on any atom is 0.309 e. The lowest BCUT2D eigenvalue weighted by atomic mass is 9.87. The molecule has 0 spiro atoms. The molecule has 0 aliphatic heterocycles. The molecule has 1 aliphatic carbocycles. The van der Waals surface area contributed by atoms with Gasteiger partial charge in [0.15, 0.2) is 15.0 Å². The summed E-state index contributed by atoms with van der Waals surface area (Å²) in [6, 6.07) is 6.49. The summed E-state index contributed by atoms with van der Waals surface area (Å²) in [6.07, 6.45) is 6.17. The second-order valence-corrected chi connectivity index (χ2v) is 11.1. The van der Waals surface area contributed by atoms with E-state index in [1.807, 2.05) is 0 Å². The van der Waals surface area contributed by atoms with Crippen molar-refractivity contribution in [2.24, 2.45) is 5.92 Å². The second kappa shape index (κ2) is 9.26. The van der Waals surface area contributed by atoms with Gasteiger partial charge in [-0.1, -0.05) is 37.8 Å². The topological polar surface area (TPSA) is 113 Å². The molecule has 9 heteroatoms. The number of aliphatic carboxylic acids is 1. The summed E-state index contributed by atoms with van der Waals surface area (Å²) in [5.74, 6) is -1.14. The van der Waals surface area contributed by atoms with Crippen molar-refractivity contribution in [2.45, 2.75) is 56.3 Å². The molecule has 1 amide bonds. The Morgan fingerprint density at radius 3 is 2.43 bits per heavy atom. The van der Waals surface area contributed by atoms with Crippen LogP contribution in [0.4, 0.5) is 5.13 Å². The van der Waals surface area contributed by atoms with Gasteiger partial charge in [0.05, 0.1) is 22.9 Å². The third-order valence-electron chi connectivity index (χ3n) is 5.51. The van der Waals surface area contributed by atoms with Gasteiger partial charge in [0.25, 0.3) is 0 Å². The molecular weight excluding hydrogens is 424 g/mol. The minimum atomic E-state index is -3.31. The summed E-state index contributed by atoms with van der Waals surface area (Å²) in [5.41, 5.74) is 1.22. The lowest BCUT2D eigenvalue weighted by Crippen LogP contribution is -2.23. The first kappa shape index (κ1) is 22.4. The highest BCUT2D eigenvalue weighted by atomic mass is 32.2. The number of nitrogens with one attached hydrogen (secondary N) is 1. The van der Waals surface area contributed by atoms with Crippen LogP contribution in [0.2, 0.25) is 0 Å². The van der Waals surface area contributed by atoms with E-state index in [-0.39, 0.29) is 17.2 Å². The minimum absolute atomic E-state index is 0.184. The van der Waals surface area contributed by atoms with Crippen LogP contribution in [0.5, 0.6) is 0 Å². The zero-order chi connectivity index (χ0) is 21.9. The van der Waals surface area contributed by atoms with Crippen LogP contribution in [0, 0.1) is 12.8 Å². The average Bonchev–Trinajstić information content (AvgIpc) is 3.28. The molecule has 0 saturated heterocycles. The number of aryl methyl sites for hydroxylation is 1. The molecular formula is C21H26N2O5S2. The van der Waals surface area contributed by atoms with Crippen LogP contribution in [-0.4, -0.2) is 36.6 Å². The van der Waals surface area contributed by atoms with Crippen LogP contribution >= 0.6 is 11.3 Å². The largest absolute Gasteiger partial charge is 0.481 e. The van der Waals surface area contributed by atoms with E-state index in [9.17, 15) is 18.0 Å². The van der Waals surface area contributed by atoms with Crippen molar-refractivity contribution in [2.75, 3.05) is 11.6 Å². The molecule has 1 atom stereocenters. The highest BCUT2D eigenvalue weighted by Gasteiger charge is 2.28. The number of hydrogen-bond acceptors (Lipinski definition) is 6. The Labute approximate surface area is 180 Å². The summed E-state index contributed by atoms with van der Waals surface area (Å²) in [7, 11) is -3.31. The zero-order valence-electron chi connectivity index (χ0n) is 17.1. The number of sulfone groups is 1. The van der Waals surface area contributed by atoms with E-state index >= 15 is 0 Å². The number of benzene rings is 1. The number of carbonyl (C=O) groups excluding carboxylic acids is 1. The van der Waals surface area contributed by atoms with Crippen molar-refractivity contribution in [1.29, 1.82) is 0 Å². The number of nitrogens with zero attached hydrogens (tertiary/aromatic N) is 1. The van der Waals surface area contributed by atoms with Crippen molar-refractivity contribution < 1.29 is 23.1 Å². The number of amides is 1. The van der Waals surface area contributed by atoms with Crippen LogP contribution in [0.15, 0.2) is 29.2 Å². The number of thiazole rings is 1. The molecule has 0 radical (unpaired) electrons. The van der Waals surface area contributed by atoms with E-state index in [0.717, 1.165) is 42.4 Å². The molecule has 1 aromatic heterocycles. The lowest BCUT2D eigenvalue weighted by molar-refractivity contribution is -0.136. The molecule has 0 bridgehead atoms. The maximum atomic E-state index is 13.1. The van der Waals surface area contributed by atoms with Crippen molar-refractivity contribution in [3.05, 3.63) is 40.4 Å². The smallest absolute Gasteiger partial charge is 0.309 e. The molecule has 1 saturated carbocycles. The van der Waals surface area contributed by atoms with Gasteiger partial charge in [0, 0.05) is 11.1 Å². The maximum absolute atomic E-state index is 13.1. The molecule has 3 rings (SSSR count). The van der Waals surface area contributed by atoms with Gasteiger partial charge in [-0.25, -0.2) is 13.4 Å². The molecule has 0 unspecified atom stereocenters. The molecule has 1 aromatic carbocycles. The van der Waals surface area contributed by atoms with Gasteiger partial charge >= 0.3 is 5.97 Å². The predicted octanol–water partition coefficient (Wildman–Crippen LogP) is 3.78. The van der Waals surface area contributed by atoms with Gasteiger partial charge in [0.1, 0.15) is 0 Å². The minimum Gasteiger partial charge on any atom is -0.481 e. The van der Waals surface area contributed by atoms with E-state index in [0.29, 0.717) is 23.2 Å². The molecule has 30 heavy (non-hydrogen) atoms. The predicted molar refractivity (Wildman–Crippen MR) is 116 cm³/mol. The van der Waals surface area contributed by atoms with Crippen LogP contribution < -0.4 is 5.32 Å². The number of carboxylic acid groups (broad SMARTS) is 1. The Morgan fingerprint density at radius 2 is 1.87 bits per heavy atom. The molecule has 7 nitrogen and oxygen atoms in total. The number of carboxylic acids is 1. The molecule has 162 valence electrons. The fourth-order valence-electron chi connectivity index (χ4n) is 3.90. The number of hydrogen-bond donors (Lipinski definition) is 2. The van der Waals surface area contributed by atoms with Gasteiger partial charge in [-0.3, -0.25) is 9.59 Å². The fraction of sp³-hybridized carbons (Fsp3) is 0.476. The van der Waals surface area contributed by atoms with E-state index < -0.39 is 21.7 Å². The van der Waals surface area contributed by atoms with E-state index in [4.69, 9.17) is 5.11 Å². The Morgan fingerprint density at radius 1 is 1.23 bits per heavy atom. The number of carbonyl (C=O) groups is 2. The summed E-state index contributed by atoms with van der Waals surface area (Å²) in [4.78, 5) is 29.4. The Kier molecular flexibility index (Phi) is 6.92. The van der Waals surface area contributed by atoms with Gasteiger partial charge in [-0.2, -0.15) is 0 Å². The number of rotatable bonds is 8. The normalized spacial score (nSPS) is 15.8. The zero-order valence-corrected chi connectivity index (χ0v) is 18.7. The first-order valence-electron chi connectivity index (χ1n) is 9.92. The fourth-order valence-corrected chi connectivity index (χ4v) is 5.37. The van der Waals surface area contributed by atoms with Crippen LogP contribution in [-0.2, 0) is 25.8 Å². The van der Waals surface area contributed by atoms with E-state index in [1.54, 1.807) is 19.1 Å². The average molecular weight is 451 g/mol. The molecule has 2 aromatic rings. The van der Waals surface area contributed by atoms with Crippen LogP contribution in [0.1, 0.15) is 54.2 Å². The standard InChI is InChI=1S/C21H26N2O5S2/c1-13-18(12-19(24)25)22-21(29-13)23-20(26)17(11-14-5-3-4-6-14)15-7-9-16(10-8-15)30(2,27)28/h7-10,14,17H,3-6,11-12H2,1-2H3,(H,24,25)(H,22,23,26)/t17-/m1/s1. The second-order valence-electron chi connectivity index (χ2n) is 7.86. The lowest BCUT2D eigenvalue weighted by Gasteiger charge is -2.20. The van der Waals surface area contributed by atoms with Gasteiger partial charge < -0.3 is 10.4 Å². The Balaban J connectivity index is 1.82. The third-order valence-corrected chi connectivity index (χ3v) is 7.57. The first-order chi connectivity index (χ1) is 14.1. The van der Waals surface area contributed by atoms with Crippen molar-refractivity contribution >= 4 is 38.2 Å². The highest BCUT2D eigenvalue weighted by molar-refractivity contribution is 7.90. The summed E-state index contributed by atoms with van der Waals surface area (Å²) >= 11 is 1.26. The summed E-state index contributed by atoms with van der Waals surface area (Å²) < 4.78 is 23.5. The molecule has 1 aliphatic rings. The van der Waals surface area contributed by atoms with Crippen molar-refractivity contribution in [3.63, 3.8) is 0 Å². The molecule has 1 heterocycles. The van der Waals surface area contributed by atoms with Crippen molar-refractivity contribution in [1.82, 2.24) is 4.98 Å². The van der Waals surface area contributed by atoms with E-state index in [2.05, 4.69) is 10.3 Å². The SMILES string of the molecule is Cc1sc(NC(=O)[C@H](CC2CCCC2)c2ccc(S(C)(=O)=O)cc2)nc1CC(=O)O. The molecule has 1 fully saturated rings. The number of aromatic nitrogens is 1. The van der Waals surface area contributed by atoms with E-state index in [1.165, 1.54) is 23.5 Å². The van der Waals surface area contributed by atoms with Crippen LogP contribution in [0.25, 0.3) is 0 Å². The monoisotopic (exact) mass is 450 g/mol. The first-order valence-corrected chi connectivity index (χ1v) is 12.6. The van der Waals surface area contributed by atoms with Crippen LogP contribution in [0.3, 0.4) is 0 Å². The summed E-state index contributed by atoms with van der Waals surface area (Å²) in [5, 5.41) is 12.2. The number of anilines is 1. The van der Waals surface area contributed by atoms with Gasteiger partial charge in [-0.15, -0.1) is 11.3 Å². The van der Waals surface area contributed by atoms with Gasteiger partial charge in [-0.05, 0) is 37.0 Å². The van der Waals surface area contributed by atoms with Gasteiger partial charge in [0.2, 0.25) is 5.91 Å². The van der Waals surface area contributed by atoms with Crippen molar-refractivity contribution in [3.8, 4) is 0 Å². The highest BCUT2D eigenvalue weighted by Crippen LogP contribution is 2.35. The Hall–Kier alpha value is -2.26. The molecule has 2 N–H and O–H groups in total. The third kappa shape index (κ3) is 5.66. The summed E-state index contributed by atoms with van der Waals surface area (Å²) in [6.45, 7) is 1.78. The quantitative estimate of drug-likeness (QED) is 0.633. The Bertz CT molecular complexity index is 1020.